The Morgan fingerprint density at radius 1 is 1.00 bits per heavy atom. The molecule has 3 saturated carbocycles. The third-order valence-electron chi connectivity index (χ3n) is 8.10. The summed E-state index contributed by atoms with van der Waals surface area (Å²) in [6.45, 7) is 3.99. The Morgan fingerprint density at radius 3 is 2.65 bits per heavy atom. The zero-order valence-electron chi connectivity index (χ0n) is 14.2. The smallest absolute Gasteiger partial charge is 0.174 e. The molecule has 3 unspecified atom stereocenters. The first-order valence-electron chi connectivity index (χ1n) is 9.64. The van der Waals surface area contributed by atoms with Crippen LogP contribution >= 0.6 is 0 Å². The third kappa shape index (κ3) is 1.87. The Morgan fingerprint density at radius 2 is 1.83 bits per heavy atom. The lowest BCUT2D eigenvalue weighted by molar-refractivity contribution is -0.240. The molecule has 5 atom stereocenters. The van der Waals surface area contributed by atoms with E-state index in [0.29, 0.717) is 11.7 Å². The van der Waals surface area contributed by atoms with E-state index >= 15 is 0 Å². The van der Waals surface area contributed by atoms with Crippen LogP contribution in [0.4, 0.5) is 0 Å². The van der Waals surface area contributed by atoms with Crippen molar-refractivity contribution in [2.45, 2.75) is 64.1 Å². The fraction of sp³-hybridized carbons (Fsp3) is 0.850. The van der Waals surface area contributed by atoms with E-state index in [1.54, 1.807) is 0 Å². The lowest BCUT2D eigenvalue weighted by Crippen LogP contribution is -2.53. The van der Waals surface area contributed by atoms with Crippen molar-refractivity contribution in [1.29, 1.82) is 0 Å². The van der Waals surface area contributed by atoms with E-state index in [0.717, 1.165) is 56.7 Å². The standard InChI is InChI=1S/C20H28O3/c1-19-8-6-16-15-5-3-14(21)12-13(15)2-4-17(16)18(19)7-9-20(19)22-10-11-23-20/h12,15-18H,2-11H2,1H3/t15?,16-,17?,18+,19?/m1/s1. The van der Waals surface area contributed by atoms with Gasteiger partial charge in [-0.3, -0.25) is 4.79 Å². The molecule has 1 aliphatic heterocycles. The molecular weight excluding hydrogens is 288 g/mol. The summed E-state index contributed by atoms with van der Waals surface area (Å²) in [7, 11) is 0. The quantitative estimate of drug-likeness (QED) is 0.680. The zero-order chi connectivity index (χ0) is 15.7. The highest BCUT2D eigenvalue weighted by molar-refractivity contribution is 5.91. The van der Waals surface area contributed by atoms with Gasteiger partial charge < -0.3 is 9.47 Å². The zero-order valence-corrected chi connectivity index (χ0v) is 14.2. The molecule has 4 aliphatic carbocycles. The molecule has 1 saturated heterocycles. The van der Waals surface area contributed by atoms with Crippen molar-refractivity contribution >= 4 is 5.78 Å². The average molecular weight is 316 g/mol. The number of fused-ring (bicyclic) bond motifs is 6. The largest absolute Gasteiger partial charge is 0.347 e. The second kappa shape index (κ2) is 4.92. The van der Waals surface area contributed by atoms with Gasteiger partial charge in [-0.1, -0.05) is 12.5 Å². The summed E-state index contributed by atoms with van der Waals surface area (Å²) in [6, 6.07) is 0. The number of carbonyl (C=O) groups is 1. The molecule has 0 aromatic heterocycles. The number of hydrogen-bond acceptors (Lipinski definition) is 3. The van der Waals surface area contributed by atoms with E-state index in [1.807, 2.05) is 6.08 Å². The molecule has 0 bridgehead atoms. The number of hydrogen-bond donors (Lipinski definition) is 0. The van der Waals surface area contributed by atoms with Crippen molar-refractivity contribution < 1.29 is 14.3 Å². The molecule has 5 rings (SSSR count). The molecule has 1 spiro atoms. The summed E-state index contributed by atoms with van der Waals surface area (Å²) in [6.07, 6.45) is 11.2. The van der Waals surface area contributed by atoms with Crippen LogP contribution < -0.4 is 0 Å². The van der Waals surface area contributed by atoms with Gasteiger partial charge in [0, 0.05) is 18.3 Å². The summed E-state index contributed by atoms with van der Waals surface area (Å²) in [5.74, 6) is 3.15. The second-order valence-corrected chi connectivity index (χ2v) is 8.75. The van der Waals surface area contributed by atoms with Crippen molar-refractivity contribution in [1.82, 2.24) is 0 Å². The summed E-state index contributed by atoms with van der Waals surface area (Å²) in [5.41, 5.74) is 1.68. The Labute approximate surface area is 138 Å². The van der Waals surface area contributed by atoms with Gasteiger partial charge in [0.05, 0.1) is 13.2 Å². The first kappa shape index (κ1) is 14.7. The van der Waals surface area contributed by atoms with Crippen molar-refractivity contribution in [2.75, 3.05) is 13.2 Å². The molecule has 23 heavy (non-hydrogen) atoms. The highest BCUT2D eigenvalue weighted by Gasteiger charge is 2.65. The molecule has 4 fully saturated rings. The normalized spacial score (nSPS) is 47.9. The van der Waals surface area contributed by atoms with Crippen LogP contribution in [0.1, 0.15) is 58.3 Å². The molecule has 0 N–H and O–H groups in total. The minimum atomic E-state index is -0.277. The third-order valence-corrected chi connectivity index (χ3v) is 8.10. The lowest BCUT2D eigenvalue weighted by Gasteiger charge is -2.55. The molecule has 0 aromatic rings. The van der Waals surface area contributed by atoms with Gasteiger partial charge in [-0.25, -0.2) is 0 Å². The number of ether oxygens (including phenoxy) is 2. The number of ketones is 1. The Bertz CT molecular complexity index is 559. The molecule has 1 heterocycles. The Hall–Kier alpha value is -0.670. The van der Waals surface area contributed by atoms with Crippen molar-refractivity contribution in [2.24, 2.45) is 29.1 Å². The predicted octanol–water partition coefficient (Wildman–Crippen LogP) is 3.87. The van der Waals surface area contributed by atoms with Crippen LogP contribution in [0.2, 0.25) is 0 Å². The van der Waals surface area contributed by atoms with E-state index < -0.39 is 0 Å². The van der Waals surface area contributed by atoms with Gasteiger partial charge in [0.2, 0.25) is 0 Å². The topological polar surface area (TPSA) is 35.5 Å². The van der Waals surface area contributed by atoms with Crippen LogP contribution in [-0.2, 0) is 14.3 Å². The first-order chi connectivity index (χ1) is 11.1. The van der Waals surface area contributed by atoms with Gasteiger partial charge in [-0.2, -0.15) is 0 Å². The predicted molar refractivity (Wildman–Crippen MR) is 86.7 cm³/mol. The summed E-state index contributed by atoms with van der Waals surface area (Å²) < 4.78 is 12.4. The molecule has 0 radical (unpaired) electrons. The Kier molecular flexibility index (Phi) is 3.13. The Balaban J connectivity index is 1.46. The maximum atomic E-state index is 11.8. The van der Waals surface area contributed by atoms with Gasteiger partial charge in [-0.05, 0) is 68.3 Å². The van der Waals surface area contributed by atoms with Crippen molar-refractivity contribution in [3.05, 3.63) is 11.6 Å². The minimum Gasteiger partial charge on any atom is -0.347 e. The van der Waals surface area contributed by atoms with E-state index in [2.05, 4.69) is 6.92 Å². The molecular formula is C20H28O3. The van der Waals surface area contributed by atoms with Gasteiger partial charge in [0.25, 0.3) is 0 Å². The maximum Gasteiger partial charge on any atom is 0.174 e. The van der Waals surface area contributed by atoms with Gasteiger partial charge in [0.1, 0.15) is 0 Å². The number of allylic oxidation sites excluding steroid dienone is 1. The van der Waals surface area contributed by atoms with E-state index in [1.165, 1.54) is 31.3 Å². The molecule has 0 amide bonds. The average Bonchev–Trinajstić information content (AvgIpc) is 3.14. The van der Waals surface area contributed by atoms with Crippen LogP contribution in [0, 0.1) is 29.1 Å². The van der Waals surface area contributed by atoms with E-state index in [9.17, 15) is 4.79 Å². The van der Waals surface area contributed by atoms with Crippen molar-refractivity contribution in [3.63, 3.8) is 0 Å². The van der Waals surface area contributed by atoms with E-state index in [4.69, 9.17) is 9.47 Å². The summed E-state index contributed by atoms with van der Waals surface area (Å²) in [4.78, 5) is 11.8. The van der Waals surface area contributed by atoms with Gasteiger partial charge in [-0.15, -0.1) is 0 Å². The SMILES string of the molecule is CC12CC[C@@H]3C4CCC(=O)C=C4CCC3[C@@H]1CCC21OCCO1. The van der Waals surface area contributed by atoms with Crippen LogP contribution in [0.5, 0.6) is 0 Å². The first-order valence-corrected chi connectivity index (χ1v) is 9.64. The fourth-order valence-electron chi connectivity index (χ4n) is 7.07. The van der Waals surface area contributed by atoms with Crippen LogP contribution in [-0.4, -0.2) is 24.8 Å². The number of carbonyl (C=O) groups excluding carboxylic acids is 1. The molecule has 126 valence electrons. The maximum absolute atomic E-state index is 11.8. The van der Waals surface area contributed by atoms with E-state index in [-0.39, 0.29) is 11.2 Å². The van der Waals surface area contributed by atoms with Crippen LogP contribution in [0.3, 0.4) is 0 Å². The van der Waals surface area contributed by atoms with Gasteiger partial charge in [0.15, 0.2) is 11.6 Å². The molecule has 3 heteroatoms. The lowest BCUT2D eigenvalue weighted by atomic mass is 9.51. The highest BCUT2D eigenvalue weighted by Crippen LogP contribution is 2.66. The molecule has 0 aromatic carbocycles. The molecule has 5 aliphatic rings. The monoisotopic (exact) mass is 316 g/mol. The second-order valence-electron chi connectivity index (χ2n) is 8.75. The van der Waals surface area contributed by atoms with Crippen molar-refractivity contribution in [3.8, 4) is 0 Å². The highest BCUT2D eigenvalue weighted by atomic mass is 16.7. The minimum absolute atomic E-state index is 0.205. The molecule has 3 nitrogen and oxygen atoms in total. The van der Waals surface area contributed by atoms with Gasteiger partial charge >= 0.3 is 0 Å². The summed E-state index contributed by atoms with van der Waals surface area (Å²) in [5, 5.41) is 0. The fourth-order valence-corrected chi connectivity index (χ4v) is 7.07. The summed E-state index contributed by atoms with van der Waals surface area (Å²) >= 11 is 0. The number of rotatable bonds is 0. The van der Waals surface area contributed by atoms with Crippen LogP contribution in [0.15, 0.2) is 11.6 Å². The van der Waals surface area contributed by atoms with Crippen LogP contribution in [0.25, 0.3) is 0 Å².